The summed E-state index contributed by atoms with van der Waals surface area (Å²) in [7, 11) is 0. The number of rotatable bonds is 9. The fourth-order valence-electron chi connectivity index (χ4n) is 2.94. The minimum atomic E-state index is -0.666. The maximum atomic E-state index is 13.1. The lowest BCUT2D eigenvalue weighted by Crippen LogP contribution is -2.52. The van der Waals surface area contributed by atoms with E-state index in [0.29, 0.717) is 10.8 Å². The molecular formula is C23H28ClN3O4S. The van der Waals surface area contributed by atoms with E-state index in [9.17, 15) is 19.7 Å². The first-order chi connectivity index (χ1) is 15.0. The summed E-state index contributed by atoms with van der Waals surface area (Å²) in [4.78, 5) is 37.7. The number of thioether (sulfide) groups is 1. The van der Waals surface area contributed by atoms with Crippen LogP contribution in [0.15, 0.2) is 48.5 Å². The Morgan fingerprint density at radius 2 is 1.81 bits per heavy atom. The predicted octanol–water partition coefficient (Wildman–Crippen LogP) is 4.81. The highest BCUT2D eigenvalue weighted by molar-refractivity contribution is 7.99. The zero-order chi connectivity index (χ0) is 23.9. The van der Waals surface area contributed by atoms with Crippen LogP contribution in [0.25, 0.3) is 0 Å². The fraction of sp³-hybridized carbons (Fsp3) is 0.391. The topological polar surface area (TPSA) is 92.6 Å². The molecule has 172 valence electrons. The maximum Gasteiger partial charge on any atom is 0.269 e. The average Bonchev–Trinajstić information content (AvgIpc) is 2.70. The zero-order valence-corrected chi connectivity index (χ0v) is 20.2. The highest BCUT2D eigenvalue weighted by Gasteiger charge is 2.28. The van der Waals surface area contributed by atoms with Crippen molar-refractivity contribution in [2.24, 2.45) is 0 Å². The van der Waals surface area contributed by atoms with Crippen molar-refractivity contribution in [3.05, 3.63) is 74.8 Å². The minimum absolute atomic E-state index is 0.0289. The van der Waals surface area contributed by atoms with Gasteiger partial charge in [-0.05, 0) is 51.0 Å². The Bertz CT molecular complexity index is 960. The Balaban J connectivity index is 2.08. The monoisotopic (exact) mass is 477 g/mol. The summed E-state index contributed by atoms with van der Waals surface area (Å²) in [6.07, 6.45) is 0. The van der Waals surface area contributed by atoms with E-state index in [-0.39, 0.29) is 29.8 Å². The van der Waals surface area contributed by atoms with Crippen LogP contribution in [0.4, 0.5) is 5.69 Å². The summed E-state index contributed by atoms with van der Waals surface area (Å²) < 4.78 is 0. The van der Waals surface area contributed by atoms with Crippen LogP contribution in [0.3, 0.4) is 0 Å². The second-order valence-corrected chi connectivity index (χ2v) is 9.91. The molecule has 1 atom stereocenters. The number of carbonyl (C=O) groups excluding carboxylic acids is 2. The molecule has 0 saturated carbocycles. The lowest BCUT2D eigenvalue weighted by Gasteiger charge is -2.31. The third-order valence-corrected chi connectivity index (χ3v) is 5.77. The molecule has 32 heavy (non-hydrogen) atoms. The average molecular weight is 478 g/mol. The van der Waals surface area contributed by atoms with Crippen molar-refractivity contribution >= 4 is 40.9 Å². The number of non-ortho nitro benzene ring substituents is 1. The highest BCUT2D eigenvalue weighted by Crippen LogP contribution is 2.20. The van der Waals surface area contributed by atoms with Crippen LogP contribution in [0.2, 0.25) is 5.02 Å². The molecule has 0 bridgehead atoms. The number of halogens is 1. The van der Waals surface area contributed by atoms with Crippen LogP contribution >= 0.6 is 23.4 Å². The molecule has 2 rings (SSSR count). The zero-order valence-electron chi connectivity index (χ0n) is 18.6. The molecule has 2 amide bonds. The van der Waals surface area contributed by atoms with E-state index in [1.165, 1.54) is 23.9 Å². The summed E-state index contributed by atoms with van der Waals surface area (Å²) in [6, 6.07) is 12.8. The molecule has 0 aliphatic heterocycles. The molecule has 0 radical (unpaired) electrons. The Kier molecular flexibility index (Phi) is 9.09. The number of nitrogens with zero attached hydrogens (tertiary/aromatic N) is 2. The third-order valence-electron chi connectivity index (χ3n) is 4.55. The lowest BCUT2D eigenvalue weighted by atomic mass is 10.1. The van der Waals surface area contributed by atoms with Crippen molar-refractivity contribution in [3.8, 4) is 0 Å². The molecule has 9 heteroatoms. The van der Waals surface area contributed by atoms with Crippen LogP contribution in [0.1, 0.15) is 38.8 Å². The second-order valence-electron chi connectivity index (χ2n) is 8.48. The number of hydrogen-bond acceptors (Lipinski definition) is 5. The Morgan fingerprint density at radius 3 is 2.38 bits per heavy atom. The first-order valence-electron chi connectivity index (χ1n) is 10.1. The van der Waals surface area contributed by atoms with Gasteiger partial charge in [-0.25, -0.2) is 0 Å². The highest BCUT2D eigenvalue weighted by atomic mass is 35.5. The number of amides is 2. The SMILES string of the molecule is C[C@@H](C(=O)NC(C)(C)C)N(Cc1cccc(Cl)c1)C(=O)CSCc1ccc([N+](=O)[O-])cc1. The number of nitrogens with one attached hydrogen (secondary N) is 1. The lowest BCUT2D eigenvalue weighted by molar-refractivity contribution is -0.384. The summed E-state index contributed by atoms with van der Waals surface area (Å²) in [5.41, 5.74) is 1.33. The van der Waals surface area contributed by atoms with Gasteiger partial charge in [0.1, 0.15) is 6.04 Å². The van der Waals surface area contributed by atoms with Gasteiger partial charge < -0.3 is 10.2 Å². The Morgan fingerprint density at radius 1 is 1.16 bits per heavy atom. The molecule has 2 aromatic carbocycles. The summed E-state index contributed by atoms with van der Waals surface area (Å²) >= 11 is 7.48. The number of benzene rings is 2. The predicted molar refractivity (Wildman–Crippen MR) is 129 cm³/mol. The summed E-state index contributed by atoms with van der Waals surface area (Å²) in [5.74, 6) is 0.295. The molecule has 0 aliphatic rings. The van der Waals surface area contributed by atoms with E-state index < -0.39 is 16.5 Å². The molecule has 0 spiro atoms. The van der Waals surface area contributed by atoms with Crippen LogP contribution in [0.5, 0.6) is 0 Å². The number of carbonyl (C=O) groups is 2. The molecule has 0 heterocycles. The Hall–Kier alpha value is -2.58. The summed E-state index contributed by atoms with van der Waals surface area (Å²) in [5, 5.41) is 14.3. The van der Waals surface area contributed by atoms with E-state index in [0.717, 1.165) is 11.1 Å². The quantitative estimate of drug-likeness (QED) is 0.413. The molecular weight excluding hydrogens is 450 g/mol. The Labute approximate surface area is 197 Å². The van der Waals surface area contributed by atoms with Crippen LogP contribution in [-0.2, 0) is 21.9 Å². The van der Waals surface area contributed by atoms with Crippen molar-refractivity contribution in [2.75, 3.05) is 5.75 Å². The van der Waals surface area contributed by atoms with E-state index in [1.54, 1.807) is 36.1 Å². The van der Waals surface area contributed by atoms with Crippen LogP contribution in [0, 0.1) is 10.1 Å². The fourth-order valence-corrected chi connectivity index (χ4v) is 4.03. The number of hydrogen-bond donors (Lipinski definition) is 1. The normalized spacial score (nSPS) is 12.2. The van der Waals surface area contributed by atoms with E-state index in [2.05, 4.69) is 5.32 Å². The molecule has 0 saturated heterocycles. The summed E-state index contributed by atoms with van der Waals surface area (Å²) in [6.45, 7) is 7.64. The van der Waals surface area contributed by atoms with E-state index >= 15 is 0 Å². The van der Waals surface area contributed by atoms with Gasteiger partial charge in [-0.2, -0.15) is 0 Å². The standard InChI is InChI=1S/C23H28ClN3O4S/c1-16(22(29)25-23(2,3)4)26(13-18-6-5-7-19(24)12-18)21(28)15-32-14-17-8-10-20(11-9-17)27(30)31/h5-12,16H,13-15H2,1-4H3,(H,25,29)/t16-/m0/s1. The van der Waals surface area contributed by atoms with Gasteiger partial charge in [0, 0.05) is 35.0 Å². The van der Waals surface area contributed by atoms with Crippen molar-refractivity contribution in [2.45, 2.75) is 51.6 Å². The molecule has 7 nitrogen and oxygen atoms in total. The van der Waals surface area contributed by atoms with Gasteiger partial charge in [-0.1, -0.05) is 35.9 Å². The first kappa shape index (κ1) is 25.7. The maximum absolute atomic E-state index is 13.1. The molecule has 1 N–H and O–H groups in total. The van der Waals surface area contributed by atoms with Gasteiger partial charge >= 0.3 is 0 Å². The van der Waals surface area contributed by atoms with Crippen molar-refractivity contribution in [3.63, 3.8) is 0 Å². The van der Waals surface area contributed by atoms with Crippen molar-refractivity contribution in [1.29, 1.82) is 0 Å². The number of nitro benzene ring substituents is 1. The largest absolute Gasteiger partial charge is 0.350 e. The van der Waals surface area contributed by atoms with E-state index in [4.69, 9.17) is 11.6 Å². The van der Waals surface area contributed by atoms with Crippen molar-refractivity contribution in [1.82, 2.24) is 10.2 Å². The third kappa shape index (κ3) is 8.16. The second kappa shape index (κ2) is 11.3. The first-order valence-corrected chi connectivity index (χ1v) is 11.7. The van der Waals surface area contributed by atoms with Gasteiger partial charge in [-0.15, -0.1) is 11.8 Å². The van der Waals surface area contributed by atoms with Gasteiger partial charge in [0.15, 0.2) is 0 Å². The molecule has 2 aromatic rings. The van der Waals surface area contributed by atoms with Gasteiger partial charge in [0.05, 0.1) is 10.7 Å². The van der Waals surface area contributed by atoms with Gasteiger partial charge in [0.25, 0.3) is 5.69 Å². The van der Waals surface area contributed by atoms with Gasteiger partial charge in [-0.3, -0.25) is 19.7 Å². The van der Waals surface area contributed by atoms with Crippen molar-refractivity contribution < 1.29 is 14.5 Å². The molecule has 0 fully saturated rings. The van der Waals surface area contributed by atoms with Gasteiger partial charge in [0.2, 0.25) is 11.8 Å². The van der Waals surface area contributed by atoms with E-state index in [1.807, 2.05) is 32.9 Å². The smallest absolute Gasteiger partial charge is 0.269 e. The molecule has 0 unspecified atom stereocenters. The van der Waals surface area contributed by atoms with Crippen LogP contribution in [-0.4, -0.2) is 39.0 Å². The molecule has 0 aliphatic carbocycles. The number of nitro groups is 1. The molecule has 0 aromatic heterocycles. The minimum Gasteiger partial charge on any atom is -0.350 e. The van der Waals surface area contributed by atoms with Crippen LogP contribution < -0.4 is 5.32 Å².